The molecule has 0 saturated heterocycles. The first kappa shape index (κ1) is 20.5. The van der Waals surface area contributed by atoms with Gasteiger partial charge in [-0.05, 0) is 55.2 Å². The number of ether oxygens (including phenoxy) is 2. The van der Waals surface area contributed by atoms with Crippen LogP contribution in [0.2, 0.25) is 0 Å². The third-order valence-electron chi connectivity index (χ3n) is 3.90. The van der Waals surface area contributed by atoms with Gasteiger partial charge in [-0.1, -0.05) is 32.9 Å². The SMILES string of the molecule is CCCOC(=O)c1ccc(NC(=O)c2ccccc2OCCC(C)C)cc1. The first-order valence-corrected chi connectivity index (χ1v) is 9.31. The Morgan fingerprint density at radius 2 is 1.70 bits per heavy atom. The molecule has 2 rings (SSSR count). The second-order valence-corrected chi connectivity index (χ2v) is 6.69. The Kier molecular flexibility index (Phi) is 7.86. The van der Waals surface area contributed by atoms with Crippen molar-refractivity contribution in [2.45, 2.75) is 33.6 Å². The minimum atomic E-state index is -0.362. The van der Waals surface area contributed by atoms with Crippen LogP contribution in [0.25, 0.3) is 0 Å². The van der Waals surface area contributed by atoms with Crippen LogP contribution in [0.5, 0.6) is 5.75 Å². The Labute approximate surface area is 160 Å². The molecule has 0 fully saturated rings. The maximum atomic E-state index is 12.6. The van der Waals surface area contributed by atoms with Crippen molar-refractivity contribution in [3.8, 4) is 5.75 Å². The lowest BCUT2D eigenvalue weighted by molar-refractivity contribution is 0.0505. The number of rotatable bonds is 9. The topological polar surface area (TPSA) is 64.6 Å². The molecule has 0 aliphatic heterocycles. The van der Waals surface area contributed by atoms with Crippen molar-refractivity contribution in [2.75, 3.05) is 18.5 Å². The van der Waals surface area contributed by atoms with Gasteiger partial charge in [0.05, 0.1) is 24.3 Å². The smallest absolute Gasteiger partial charge is 0.338 e. The lowest BCUT2D eigenvalue weighted by Gasteiger charge is -2.13. The fourth-order valence-electron chi connectivity index (χ4n) is 2.35. The molecule has 0 aromatic heterocycles. The van der Waals surface area contributed by atoms with E-state index in [1.807, 2.05) is 13.0 Å². The van der Waals surface area contributed by atoms with Crippen LogP contribution in [0.15, 0.2) is 48.5 Å². The molecule has 0 spiro atoms. The van der Waals surface area contributed by atoms with E-state index >= 15 is 0 Å². The van der Waals surface area contributed by atoms with Crippen molar-refractivity contribution in [1.29, 1.82) is 0 Å². The molecule has 5 nitrogen and oxygen atoms in total. The zero-order valence-electron chi connectivity index (χ0n) is 16.2. The Morgan fingerprint density at radius 3 is 2.37 bits per heavy atom. The summed E-state index contributed by atoms with van der Waals surface area (Å²) in [6.07, 6.45) is 1.70. The molecule has 1 N–H and O–H groups in total. The lowest BCUT2D eigenvalue weighted by Crippen LogP contribution is -2.14. The fourth-order valence-corrected chi connectivity index (χ4v) is 2.35. The summed E-state index contributed by atoms with van der Waals surface area (Å²) in [5.74, 6) is 0.485. The highest BCUT2D eigenvalue weighted by Crippen LogP contribution is 2.21. The van der Waals surface area contributed by atoms with E-state index in [1.165, 1.54) is 0 Å². The van der Waals surface area contributed by atoms with Crippen LogP contribution in [-0.2, 0) is 4.74 Å². The monoisotopic (exact) mass is 369 g/mol. The van der Waals surface area contributed by atoms with Gasteiger partial charge in [-0.2, -0.15) is 0 Å². The Balaban J connectivity index is 2.01. The van der Waals surface area contributed by atoms with E-state index in [0.29, 0.717) is 41.7 Å². The van der Waals surface area contributed by atoms with Crippen molar-refractivity contribution in [1.82, 2.24) is 0 Å². The third kappa shape index (κ3) is 6.44. The number of esters is 1. The number of carbonyl (C=O) groups is 2. The Morgan fingerprint density at radius 1 is 1.00 bits per heavy atom. The Bertz CT molecular complexity index is 753. The lowest BCUT2D eigenvalue weighted by atomic mass is 10.1. The summed E-state index contributed by atoms with van der Waals surface area (Å²) in [6.45, 7) is 7.16. The number of para-hydroxylation sites is 1. The molecule has 5 heteroatoms. The summed E-state index contributed by atoms with van der Waals surface area (Å²) in [5.41, 5.74) is 1.54. The molecule has 1 amide bonds. The van der Waals surface area contributed by atoms with Gasteiger partial charge in [0.1, 0.15) is 5.75 Å². The van der Waals surface area contributed by atoms with Crippen LogP contribution >= 0.6 is 0 Å². The molecule has 144 valence electrons. The van der Waals surface area contributed by atoms with Gasteiger partial charge >= 0.3 is 5.97 Å². The molecule has 2 aromatic carbocycles. The van der Waals surface area contributed by atoms with Gasteiger partial charge in [0.2, 0.25) is 0 Å². The summed E-state index contributed by atoms with van der Waals surface area (Å²) in [6, 6.07) is 13.8. The largest absolute Gasteiger partial charge is 0.493 e. The summed E-state index contributed by atoms with van der Waals surface area (Å²) in [4.78, 5) is 24.4. The van der Waals surface area contributed by atoms with Crippen molar-refractivity contribution in [3.63, 3.8) is 0 Å². The fraction of sp³-hybridized carbons (Fsp3) is 0.364. The highest BCUT2D eigenvalue weighted by atomic mass is 16.5. The number of hydrogen-bond acceptors (Lipinski definition) is 4. The van der Waals surface area contributed by atoms with E-state index in [0.717, 1.165) is 12.8 Å². The van der Waals surface area contributed by atoms with E-state index < -0.39 is 0 Å². The van der Waals surface area contributed by atoms with Gasteiger partial charge in [0.15, 0.2) is 0 Å². The summed E-state index contributed by atoms with van der Waals surface area (Å²) in [5, 5.41) is 2.84. The van der Waals surface area contributed by atoms with Gasteiger partial charge in [-0.25, -0.2) is 4.79 Å². The number of nitrogens with one attached hydrogen (secondary N) is 1. The first-order chi connectivity index (χ1) is 13.0. The molecule has 0 heterocycles. The summed E-state index contributed by atoms with van der Waals surface area (Å²) >= 11 is 0. The van der Waals surface area contributed by atoms with Crippen LogP contribution in [0.3, 0.4) is 0 Å². The van der Waals surface area contributed by atoms with Gasteiger partial charge < -0.3 is 14.8 Å². The molecule has 2 aromatic rings. The Hall–Kier alpha value is -2.82. The zero-order valence-corrected chi connectivity index (χ0v) is 16.2. The zero-order chi connectivity index (χ0) is 19.6. The third-order valence-corrected chi connectivity index (χ3v) is 3.90. The highest BCUT2D eigenvalue weighted by molar-refractivity contribution is 6.06. The van der Waals surface area contributed by atoms with Crippen molar-refractivity contribution in [3.05, 3.63) is 59.7 Å². The summed E-state index contributed by atoms with van der Waals surface area (Å²) < 4.78 is 10.9. The van der Waals surface area contributed by atoms with Crippen LogP contribution in [0, 0.1) is 5.92 Å². The van der Waals surface area contributed by atoms with Crippen LogP contribution < -0.4 is 10.1 Å². The predicted molar refractivity (Wildman–Crippen MR) is 106 cm³/mol. The molecule has 0 aliphatic rings. The van der Waals surface area contributed by atoms with Gasteiger partial charge in [0.25, 0.3) is 5.91 Å². The number of benzene rings is 2. The van der Waals surface area contributed by atoms with Crippen molar-refractivity contribution >= 4 is 17.6 Å². The minimum absolute atomic E-state index is 0.253. The van der Waals surface area contributed by atoms with E-state index in [1.54, 1.807) is 42.5 Å². The predicted octanol–water partition coefficient (Wildman–Crippen LogP) is 4.93. The molecule has 0 bridgehead atoms. The van der Waals surface area contributed by atoms with Crippen LogP contribution in [0.1, 0.15) is 54.3 Å². The first-order valence-electron chi connectivity index (χ1n) is 9.31. The molecule has 0 unspecified atom stereocenters. The second-order valence-electron chi connectivity index (χ2n) is 6.69. The quantitative estimate of drug-likeness (QED) is 0.637. The van der Waals surface area contributed by atoms with E-state index in [2.05, 4.69) is 19.2 Å². The minimum Gasteiger partial charge on any atom is -0.493 e. The number of amides is 1. The average Bonchev–Trinajstić information content (AvgIpc) is 2.66. The van der Waals surface area contributed by atoms with Crippen LogP contribution in [-0.4, -0.2) is 25.1 Å². The van der Waals surface area contributed by atoms with Crippen molar-refractivity contribution < 1.29 is 19.1 Å². The standard InChI is InChI=1S/C22H27NO4/c1-4-14-27-22(25)17-9-11-18(12-10-17)23-21(24)19-7-5-6-8-20(19)26-15-13-16(2)3/h5-12,16H,4,13-15H2,1-3H3,(H,23,24). The van der Waals surface area contributed by atoms with Crippen molar-refractivity contribution in [2.24, 2.45) is 5.92 Å². The van der Waals surface area contributed by atoms with Crippen LogP contribution in [0.4, 0.5) is 5.69 Å². The highest BCUT2D eigenvalue weighted by Gasteiger charge is 2.13. The molecular weight excluding hydrogens is 342 g/mol. The summed E-state index contributed by atoms with van der Waals surface area (Å²) in [7, 11) is 0. The molecular formula is C22H27NO4. The molecule has 0 atom stereocenters. The van der Waals surface area contributed by atoms with Gasteiger partial charge in [-0.15, -0.1) is 0 Å². The average molecular weight is 369 g/mol. The molecule has 0 radical (unpaired) electrons. The van der Waals surface area contributed by atoms with E-state index in [4.69, 9.17) is 9.47 Å². The maximum absolute atomic E-state index is 12.6. The van der Waals surface area contributed by atoms with Gasteiger partial charge in [-0.3, -0.25) is 4.79 Å². The molecule has 0 aliphatic carbocycles. The van der Waals surface area contributed by atoms with Gasteiger partial charge in [0, 0.05) is 5.69 Å². The van der Waals surface area contributed by atoms with E-state index in [9.17, 15) is 9.59 Å². The maximum Gasteiger partial charge on any atom is 0.338 e. The number of hydrogen-bond donors (Lipinski definition) is 1. The molecule has 27 heavy (non-hydrogen) atoms. The normalized spacial score (nSPS) is 10.5. The van der Waals surface area contributed by atoms with E-state index in [-0.39, 0.29) is 11.9 Å². The molecule has 0 saturated carbocycles. The second kappa shape index (κ2) is 10.4. The number of carbonyl (C=O) groups excluding carboxylic acids is 2. The number of anilines is 1.